The summed E-state index contributed by atoms with van der Waals surface area (Å²) in [5.41, 5.74) is 0.373. The van der Waals surface area contributed by atoms with Crippen molar-refractivity contribution in [3.63, 3.8) is 0 Å². The number of rotatable bonds is 7. The molecule has 1 heterocycles. The van der Waals surface area contributed by atoms with Crippen LogP contribution in [0, 0.1) is 10.1 Å². The molecule has 0 aliphatic rings. The molecule has 0 atom stereocenters. The normalized spacial score (nSPS) is 11.2. The van der Waals surface area contributed by atoms with Gasteiger partial charge in [0.1, 0.15) is 5.82 Å². The fourth-order valence-corrected chi connectivity index (χ4v) is 3.29. The van der Waals surface area contributed by atoms with E-state index >= 15 is 0 Å². The Labute approximate surface area is 180 Å². The van der Waals surface area contributed by atoms with Gasteiger partial charge in [-0.15, -0.1) is 0 Å². The predicted molar refractivity (Wildman–Crippen MR) is 117 cm³/mol. The third-order valence-corrected chi connectivity index (χ3v) is 4.77. The molecule has 3 rings (SSSR count). The number of nitrogens with zero attached hydrogens (tertiary/aromatic N) is 4. The van der Waals surface area contributed by atoms with Crippen LogP contribution in [0.5, 0.6) is 11.5 Å². The highest BCUT2D eigenvalue weighted by Crippen LogP contribution is 2.37. The molecule has 156 valence electrons. The molecule has 10 heteroatoms. The van der Waals surface area contributed by atoms with Crippen LogP contribution in [-0.2, 0) is 6.42 Å². The third kappa shape index (κ3) is 4.18. The number of methoxy groups -OCH3 is 1. The number of hydrogen-bond donors (Lipinski definition) is 0. The summed E-state index contributed by atoms with van der Waals surface area (Å²) in [4.78, 5) is 28.4. The van der Waals surface area contributed by atoms with E-state index in [4.69, 9.17) is 9.47 Å². The highest BCUT2D eigenvalue weighted by atomic mass is 79.9. The van der Waals surface area contributed by atoms with Crippen LogP contribution in [0.15, 0.2) is 44.7 Å². The van der Waals surface area contributed by atoms with E-state index < -0.39 is 4.92 Å². The Morgan fingerprint density at radius 2 is 2.07 bits per heavy atom. The highest BCUT2D eigenvalue weighted by Gasteiger charge is 2.21. The molecule has 1 aromatic heterocycles. The van der Waals surface area contributed by atoms with Crippen molar-refractivity contribution in [2.24, 2.45) is 5.10 Å². The lowest BCUT2D eigenvalue weighted by atomic mass is 10.2. The Kier molecular flexibility index (Phi) is 6.46. The van der Waals surface area contributed by atoms with Gasteiger partial charge in [-0.05, 0) is 31.2 Å². The molecule has 0 bridgehead atoms. The minimum atomic E-state index is -0.552. The molecule has 9 nitrogen and oxygen atoms in total. The van der Waals surface area contributed by atoms with Crippen LogP contribution < -0.4 is 15.0 Å². The highest BCUT2D eigenvalue weighted by molar-refractivity contribution is 9.10. The number of benzene rings is 2. The fourth-order valence-electron chi connectivity index (χ4n) is 2.93. The van der Waals surface area contributed by atoms with Gasteiger partial charge in [0.15, 0.2) is 5.75 Å². The van der Waals surface area contributed by atoms with Crippen molar-refractivity contribution in [3.05, 3.63) is 66.7 Å². The molecule has 0 spiro atoms. The Bertz CT molecular complexity index is 1210. The average Bonchev–Trinajstić information content (AvgIpc) is 2.73. The lowest BCUT2D eigenvalue weighted by molar-refractivity contribution is -0.385. The summed E-state index contributed by atoms with van der Waals surface area (Å²) in [5, 5.41) is 16.2. The van der Waals surface area contributed by atoms with Crippen molar-refractivity contribution in [1.29, 1.82) is 0 Å². The van der Waals surface area contributed by atoms with E-state index in [0.717, 1.165) is 4.47 Å². The molecule has 0 aliphatic carbocycles. The van der Waals surface area contributed by atoms with E-state index in [-0.39, 0.29) is 29.4 Å². The van der Waals surface area contributed by atoms with Gasteiger partial charge in [-0.1, -0.05) is 22.9 Å². The number of halogens is 1. The quantitative estimate of drug-likeness (QED) is 0.291. The second kappa shape index (κ2) is 9.04. The van der Waals surface area contributed by atoms with Gasteiger partial charge in [0.05, 0.1) is 35.8 Å². The van der Waals surface area contributed by atoms with E-state index in [1.165, 1.54) is 24.1 Å². The van der Waals surface area contributed by atoms with Crippen molar-refractivity contribution < 1.29 is 14.4 Å². The monoisotopic (exact) mass is 474 g/mol. The third-order valence-electron chi connectivity index (χ3n) is 4.28. The molecule has 0 saturated heterocycles. The summed E-state index contributed by atoms with van der Waals surface area (Å²) in [6, 6.07) is 8.13. The summed E-state index contributed by atoms with van der Waals surface area (Å²) < 4.78 is 12.6. The van der Waals surface area contributed by atoms with Crippen molar-refractivity contribution >= 4 is 38.7 Å². The Morgan fingerprint density at radius 1 is 1.30 bits per heavy atom. The molecule has 0 radical (unpaired) electrons. The first-order valence-electron chi connectivity index (χ1n) is 9.14. The molecule has 0 fully saturated rings. The van der Waals surface area contributed by atoms with E-state index in [1.807, 2.05) is 13.0 Å². The van der Waals surface area contributed by atoms with E-state index in [9.17, 15) is 14.9 Å². The van der Waals surface area contributed by atoms with Crippen LogP contribution in [0.2, 0.25) is 0 Å². The van der Waals surface area contributed by atoms with E-state index in [1.54, 1.807) is 25.1 Å². The number of fused-ring (bicyclic) bond motifs is 1. The van der Waals surface area contributed by atoms with Crippen LogP contribution in [0.25, 0.3) is 10.9 Å². The van der Waals surface area contributed by atoms with Crippen LogP contribution in [0.1, 0.15) is 25.2 Å². The molecule has 0 amide bonds. The van der Waals surface area contributed by atoms with Gasteiger partial charge in [0, 0.05) is 22.5 Å². The largest absolute Gasteiger partial charge is 0.493 e. The minimum Gasteiger partial charge on any atom is -0.493 e. The summed E-state index contributed by atoms with van der Waals surface area (Å²) in [7, 11) is 1.40. The minimum absolute atomic E-state index is 0.0470. The maximum atomic E-state index is 13.0. The van der Waals surface area contributed by atoms with Crippen LogP contribution in [0.3, 0.4) is 0 Å². The van der Waals surface area contributed by atoms with Gasteiger partial charge in [0.25, 0.3) is 5.56 Å². The Balaban J connectivity index is 2.14. The van der Waals surface area contributed by atoms with E-state index in [2.05, 4.69) is 26.0 Å². The topological polar surface area (TPSA) is 109 Å². The summed E-state index contributed by atoms with van der Waals surface area (Å²) in [6.07, 6.45) is 1.84. The van der Waals surface area contributed by atoms with Crippen molar-refractivity contribution in [2.75, 3.05) is 13.7 Å². The van der Waals surface area contributed by atoms with Crippen LogP contribution >= 0.6 is 15.9 Å². The number of nitro benzene ring substituents is 1. The van der Waals surface area contributed by atoms with Gasteiger partial charge < -0.3 is 9.47 Å². The summed E-state index contributed by atoms with van der Waals surface area (Å²) in [6.45, 7) is 3.84. The SMILES string of the molecule is CCOc1c(OC)cc(C=Nn2c(CC)nc3ccc(Br)cc3c2=O)cc1[N+](=O)[O-]. The number of nitro groups is 1. The fraction of sp³-hybridized carbons (Fsp3) is 0.250. The number of aromatic nitrogens is 2. The summed E-state index contributed by atoms with van der Waals surface area (Å²) >= 11 is 3.36. The first kappa shape index (κ1) is 21.4. The Hall–Kier alpha value is -3.27. The standard InChI is InChI=1S/C20H19BrN4O5/c1-4-18-23-15-7-6-13(21)10-14(15)20(26)24(18)22-11-12-8-16(25(27)28)19(30-5-2)17(9-12)29-3/h6-11H,4-5H2,1-3H3. The van der Waals surface area contributed by atoms with Gasteiger partial charge in [-0.25, -0.2) is 4.98 Å². The Morgan fingerprint density at radius 3 is 2.70 bits per heavy atom. The van der Waals surface area contributed by atoms with Crippen molar-refractivity contribution in [3.8, 4) is 11.5 Å². The first-order chi connectivity index (χ1) is 14.4. The van der Waals surface area contributed by atoms with Gasteiger partial charge in [-0.2, -0.15) is 9.78 Å². The van der Waals surface area contributed by atoms with Crippen LogP contribution in [0.4, 0.5) is 5.69 Å². The molecule has 2 aromatic carbocycles. The summed E-state index contributed by atoms with van der Waals surface area (Å²) in [5.74, 6) is 0.723. The molecule has 0 unspecified atom stereocenters. The number of hydrogen-bond acceptors (Lipinski definition) is 7. The zero-order valence-electron chi connectivity index (χ0n) is 16.6. The molecular weight excluding hydrogens is 456 g/mol. The maximum absolute atomic E-state index is 13.0. The smallest absolute Gasteiger partial charge is 0.315 e. The first-order valence-corrected chi connectivity index (χ1v) is 9.93. The average molecular weight is 475 g/mol. The molecular formula is C20H19BrN4O5. The molecule has 30 heavy (non-hydrogen) atoms. The van der Waals surface area contributed by atoms with Gasteiger partial charge in [0.2, 0.25) is 5.75 Å². The molecule has 0 N–H and O–H groups in total. The second-order valence-electron chi connectivity index (χ2n) is 6.17. The lowest BCUT2D eigenvalue weighted by Gasteiger charge is -2.11. The lowest BCUT2D eigenvalue weighted by Crippen LogP contribution is -2.22. The van der Waals surface area contributed by atoms with Gasteiger partial charge in [-0.3, -0.25) is 14.9 Å². The van der Waals surface area contributed by atoms with Crippen molar-refractivity contribution in [2.45, 2.75) is 20.3 Å². The zero-order chi connectivity index (χ0) is 21.8. The van der Waals surface area contributed by atoms with E-state index in [0.29, 0.717) is 28.7 Å². The molecule has 3 aromatic rings. The van der Waals surface area contributed by atoms with Crippen molar-refractivity contribution in [1.82, 2.24) is 9.66 Å². The number of aryl methyl sites for hydroxylation is 1. The molecule has 0 aliphatic heterocycles. The zero-order valence-corrected chi connectivity index (χ0v) is 18.2. The maximum Gasteiger partial charge on any atom is 0.315 e. The predicted octanol–water partition coefficient (Wildman–Crippen LogP) is 3.92. The number of ether oxygens (including phenoxy) is 2. The second-order valence-corrected chi connectivity index (χ2v) is 7.08. The van der Waals surface area contributed by atoms with Gasteiger partial charge >= 0.3 is 5.69 Å². The van der Waals surface area contributed by atoms with Crippen LogP contribution in [-0.4, -0.2) is 34.5 Å². The molecule has 0 saturated carbocycles.